The van der Waals surface area contributed by atoms with Crippen LogP contribution in [0.5, 0.6) is 5.75 Å². The Bertz CT molecular complexity index is 769. The van der Waals surface area contributed by atoms with Gasteiger partial charge in [0, 0.05) is 32.6 Å². The molecule has 0 radical (unpaired) electrons. The molecule has 132 valence electrons. The van der Waals surface area contributed by atoms with E-state index in [0.29, 0.717) is 31.1 Å². The number of piperazine rings is 1. The summed E-state index contributed by atoms with van der Waals surface area (Å²) < 4.78 is 10.2. The van der Waals surface area contributed by atoms with Crippen LogP contribution in [0.1, 0.15) is 34.8 Å². The Morgan fingerprint density at radius 1 is 1.24 bits per heavy atom. The van der Waals surface area contributed by atoms with Crippen molar-refractivity contribution in [3.63, 3.8) is 0 Å². The van der Waals surface area contributed by atoms with E-state index in [1.807, 2.05) is 24.3 Å². The zero-order chi connectivity index (χ0) is 18.0. The fourth-order valence-corrected chi connectivity index (χ4v) is 3.08. The Hall–Kier alpha value is -2.83. The first-order valence-electron chi connectivity index (χ1n) is 8.13. The number of nitrogens with zero attached hydrogens (tertiary/aromatic N) is 3. The molecule has 2 amide bonds. The molecule has 0 saturated carbocycles. The molecule has 1 aromatic heterocycles. The lowest BCUT2D eigenvalue weighted by Gasteiger charge is -2.41. The Morgan fingerprint density at radius 2 is 1.96 bits per heavy atom. The van der Waals surface area contributed by atoms with Gasteiger partial charge in [-0.05, 0) is 24.6 Å². The van der Waals surface area contributed by atoms with Crippen molar-refractivity contribution >= 4 is 11.8 Å². The van der Waals surface area contributed by atoms with E-state index in [1.165, 1.54) is 0 Å². The molecule has 25 heavy (non-hydrogen) atoms. The normalized spacial score (nSPS) is 17.5. The molecule has 1 aliphatic rings. The maximum absolute atomic E-state index is 12.6. The maximum atomic E-state index is 12.6. The van der Waals surface area contributed by atoms with Crippen molar-refractivity contribution in [1.29, 1.82) is 0 Å². The van der Waals surface area contributed by atoms with E-state index >= 15 is 0 Å². The SMILES string of the molecule is COc1ccc(C2CN(C(=O)c3cc(C)on3)CCN2C(C)=O)cc1. The van der Waals surface area contributed by atoms with Gasteiger partial charge in [0.1, 0.15) is 11.5 Å². The van der Waals surface area contributed by atoms with Crippen LogP contribution in [0.15, 0.2) is 34.9 Å². The minimum absolute atomic E-state index is 0.00908. The second-order valence-electron chi connectivity index (χ2n) is 6.08. The van der Waals surface area contributed by atoms with Crippen molar-refractivity contribution in [2.24, 2.45) is 0 Å². The predicted molar refractivity (Wildman–Crippen MR) is 90.3 cm³/mol. The summed E-state index contributed by atoms with van der Waals surface area (Å²) in [6.07, 6.45) is 0. The van der Waals surface area contributed by atoms with Crippen LogP contribution < -0.4 is 4.74 Å². The number of carbonyl (C=O) groups is 2. The minimum Gasteiger partial charge on any atom is -0.497 e. The van der Waals surface area contributed by atoms with Gasteiger partial charge in [0.2, 0.25) is 5.91 Å². The number of hydrogen-bond donors (Lipinski definition) is 0. The van der Waals surface area contributed by atoms with E-state index in [2.05, 4.69) is 5.16 Å². The number of hydrogen-bond acceptors (Lipinski definition) is 5. The summed E-state index contributed by atoms with van der Waals surface area (Å²) in [6.45, 7) is 4.66. The number of ether oxygens (including phenoxy) is 1. The van der Waals surface area contributed by atoms with Crippen molar-refractivity contribution in [3.8, 4) is 5.75 Å². The molecular formula is C18H21N3O4. The average molecular weight is 343 g/mol. The third kappa shape index (κ3) is 3.50. The molecule has 2 aromatic rings. The summed E-state index contributed by atoms with van der Waals surface area (Å²) in [5.74, 6) is 1.15. The number of methoxy groups -OCH3 is 1. The predicted octanol–water partition coefficient (Wildman–Crippen LogP) is 2.04. The van der Waals surface area contributed by atoms with E-state index < -0.39 is 0 Å². The lowest BCUT2D eigenvalue weighted by molar-refractivity contribution is -0.133. The Balaban J connectivity index is 1.84. The van der Waals surface area contributed by atoms with Gasteiger partial charge in [-0.15, -0.1) is 0 Å². The highest BCUT2D eigenvalue weighted by atomic mass is 16.5. The molecule has 1 atom stereocenters. The molecule has 0 spiro atoms. The molecule has 7 nitrogen and oxygen atoms in total. The monoisotopic (exact) mass is 343 g/mol. The zero-order valence-corrected chi connectivity index (χ0v) is 14.6. The van der Waals surface area contributed by atoms with Gasteiger partial charge in [0.15, 0.2) is 5.69 Å². The minimum atomic E-state index is -0.200. The summed E-state index contributed by atoms with van der Waals surface area (Å²) >= 11 is 0. The van der Waals surface area contributed by atoms with Gasteiger partial charge in [0.05, 0.1) is 13.2 Å². The smallest absolute Gasteiger partial charge is 0.276 e. The molecule has 7 heteroatoms. The first kappa shape index (κ1) is 17.0. The third-order valence-corrected chi connectivity index (χ3v) is 4.42. The van der Waals surface area contributed by atoms with Crippen LogP contribution in [0, 0.1) is 6.92 Å². The van der Waals surface area contributed by atoms with Crippen molar-refractivity contribution < 1.29 is 18.8 Å². The van der Waals surface area contributed by atoms with E-state index in [4.69, 9.17) is 9.26 Å². The summed E-state index contributed by atoms with van der Waals surface area (Å²) in [6, 6.07) is 8.99. The van der Waals surface area contributed by atoms with E-state index in [-0.39, 0.29) is 17.9 Å². The van der Waals surface area contributed by atoms with Crippen LogP contribution in [0.3, 0.4) is 0 Å². The van der Waals surface area contributed by atoms with Crippen LogP contribution in [-0.2, 0) is 4.79 Å². The Labute approximate surface area is 146 Å². The summed E-state index contributed by atoms with van der Waals surface area (Å²) in [4.78, 5) is 28.2. The van der Waals surface area contributed by atoms with Crippen LogP contribution in [0.25, 0.3) is 0 Å². The number of amides is 2. The molecule has 0 aliphatic carbocycles. The van der Waals surface area contributed by atoms with Gasteiger partial charge < -0.3 is 19.1 Å². The number of aromatic nitrogens is 1. The van der Waals surface area contributed by atoms with Gasteiger partial charge in [-0.2, -0.15) is 0 Å². The Kier molecular flexibility index (Phi) is 4.74. The van der Waals surface area contributed by atoms with Crippen molar-refractivity contribution in [2.45, 2.75) is 19.9 Å². The Morgan fingerprint density at radius 3 is 2.52 bits per heavy atom. The highest BCUT2D eigenvalue weighted by Crippen LogP contribution is 2.28. The van der Waals surface area contributed by atoms with Gasteiger partial charge >= 0.3 is 0 Å². The highest BCUT2D eigenvalue weighted by Gasteiger charge is 2.33. The van der Waals surface area contributed by atoms with Crippen molar-refractivity contribution in [1.82, 2.24) is 15.0 Å². The van der Waals surface area contributed by atoms with Crippen LogP contribution in [-0.4, -0.2) is 53.5 Å². The number of rotatable bonds is 3. The molecule has 3 rings (SSSR count). The van der Waals surface area contributed by atoms with Gasteiger partial charge in [0.25, 0.3) is 5.91 Å². The van der Waals surface area contributed by atoms with Crippen molar-refractivity contribution in [3.05, 3.63) is 47.3 Å². The van der Waals surface area contributed by atoms with E-state index in [0.717, 1.165) is 11.3 Å². The molecule has 1 saturated heterocycles. The van der Waals surface area contributed by atoms with Crippen molar-refractivity contribution in [2.75, 3.05) is 26.7 Å². The quantitative estimate of drug-likeness (QED) is 0.852. The first-order valence-corrected chi connectivity index (χ1v) is 8.13. The zero-order valence-electron chi connectivity index (χ0n) is 14.6. The fraction of sp³-hybridized carbons (Fsp3) is 0.389. The molecule has 1 aromatic carbocycles. The molecule has 1 aliphatic heterocycles. The molecule has 1 fully saturated rings. The molecule has 0 N–H and O–H groups in total. The standard InChI is InChI=1S/C18H21N3O4/c1-12-10-16(19-25-12)18(23)20-8-9-21(13(2)22)17(11-20)14-4-6-15(24-3)7-5-14/h4-7,10,17H,8-9,11H2,1-3H3. The largest absolute Gasteiger partial charge is 0.497 e. The summed E-state index contributed by atoms with van der Waals surface area (Å²) in [7, 11) is 1.61. The maximum Gasteiger partial charge on any atom is 0.276 e. The molecule has 2 heterocycles. The van der Waals surface area contributed by atoms with E-state index in [9.17, 15) is 9.59 Å². The lowest BCUT2D eigenvalue weighted by atomic mass is 10.0. The molecule has 1 unspecified atom stereocenters. The summed E-state index contributed by atoms with van der Waals surface area (Å²) in [5, 5.41) is 3.80. The number of benzene rings is 1. The average Bonchev–Trinajstić information content (AvgIpc) is 3.07. The van der Waals surface area contributed by atoms with Crippen LogP contribution >= 0.6 is 0 Å². The number of aryl methyl sites for hydroxylation is 1. The number of carbonyl (C=O) groups excluding carboxylic acids is 2. The molecule has 0 bridgehead atoms. The van der Waals surface area contributed by atoms with Gasteiger partial charge in [-0.1, -0.05) is 17.3 Å². The molecular weight excluding hydrogens is 322 g/mol. The highest BCUT2D eigenvalue weighted by molar-refractivity contribution is 5.92. The van der Waals surface area contributed by atoms with E-state index in [1.54, 1.807) is 36.8 Å². The van der Waals surface area contributed by atoms with Gasteiger partial charge in [-0.3, -0.25) is 9.59 Å². The third-order valence-electron chi connectivity index (χ3n) is 4.42. The lowest BCUT2D eigenvalue weighted by Crippen LogP contribution is -2.51. The van der Waals surface area contributed by atoms with Crippen LogP contribution in [0.4, 0.5) is 0 Å². The topological polar surface area (TPSA) is 75.9 Å². The first-order chi connectivity index (χ1) is 12.0. The van der Waals surface area contributed by atoms with Crippen LogP contribution in [0.2, 0.25) is 0 Å². The summed E-state index contributed by atoms with van der Waals surface area (Å²) in [5.41, 5.74) is 1.26. The second kappa shape index (κ2) is 6.96. The second-order valence-corrected chi connectivity index (χ2v) is 6.08. The fourth-order valence-electron chi connectivity index (χ4n) is 3.08. The van der Waals surface area contributed by atoms with Gasteiger partial charge in [-0.25, -0.2) is 0 Å².